The van der Waals surface area contributed by atoms with E-state index in [1.165, 1.54) is 12.1 Å². The topological polar surface area (TPSA) is 35.5 Å². The van der Waals surface area contributed by atoms with Crippen molar-refractivity contribution in [3.63, 3.8) is 0 Å². The van der Waals surface area contributed by atoms with E-state index in [-0.39, 0.29) is 5.56 Å². The van der Waals surface area contributed by atoms with E-state index in [2.05, 4.69) is 23.8 Å². The van der Waals surface area contributed by atoms with E-state index < -0.39 is 46.4 Å². The second-order valence-electron chi connectivity index (χ2n) is 8.88. The molecule has 0 amide bonds. The van der Waals surface area contributed by atoms with Crippen molar-refractivity contribution in [3.05, 3.63) is 113 Å². The fourth-order valence-electron chi connectivity index (χ4n) is 4.18. The van der Waals surface area contributed by atoms with Gasteiger partial charge in [0, 0.05) is 13.0 Å². The molecule has 0 saturated heterocycles. The molecule has 1 atom stereocenters. The molecule has 3 aromatic carbocycles. The van der Waals surface area contributed by atoms with Crippen LogP contribution in [-0.2, 0) is 10.3 Å². The third-order valence-corrected chi connectivity index (χ3v) is 6.33. The molecule has 0 N–H and O–H groups in total. The van der Waals surface area contributed by atoms with Crippen molar-refractivity contribution < 1.29 is 36.2 Å². The first-order valence-corrected chi connectivity index (χ1v) is 12.2. The van der Waals surface area contributed by atoms with E-state index >= 15 is 0 Å². The lowest BCUT2D eigenvalue weighted by Gasteiger charge is -2.32. The average Bonchev–Trinajstić information content (AvgIpc) is 2.96. The zero-order valence-electron chi connectivity index (χ0n) is 20.6. The van der Waals surface area contributed by atoms with Crippen LogP contribution in [0, 0.1) is 29.1 Å². The van der Waals surface area contributed by atoms with Crippen LogP contribution in [0.25, 0.3) is 11.1 Å². The van der Waals surface area contributed by atoms with Crippen molar-refractivity contribution in [3.8, 4) is 16.9 Å². The minimum absolute atomic E-state index is 0.132. The average molecular weight is 529 g/mol. The van der Waals surface area contributed by atoms with Gasteiger partial charge in [-0.3, -0.25) is 0 Å². The van der Waals surface area contributed by atoms with E-state index in [0.29, 0.717) is 6.61 Å². The van der Waals surface area contributed by atoms with Crippen molar-refractivity contribution >= 4 is 5.97 Å². The number of hydrogen-bond acceptors (Lipinski definition) is 3. The molecule has 0 saturated carbocycles. The van der Waals surface area contributed by atoms with Crippen molar-refractivity contribution in [2.45, 2.75) is 38.2 Å². The van der Waals surface area contributed by atoms with Gasteiger partial charge in [0.1, 0.15) is 5.60 Å². The first-order valence-electron chi connectivity index (χ1n) is 12.2. The Balaban J connectivity index is 1.50. The number of unbranched alkanes of at least 4 members (excludes halogenated alkanes) is 2. The number of esters is 1. The molecule has 1 aliphatic carbocycles. The number of benzene rings is 3. The highest BCUT2D eigenvalue weighted by Crippen LogP contribution is 2.36. The van der Waals surface area contributed by atoms with E-state index in [0.717, 1.165) is 42.4 Å². The highest BCUT2D eigenvalue weighted by Gasteiger charge is 2.31. The van der Waals surface area contributed by atoms with Crippen molar-refractivity contribution in [1.29, 1.82) is 0 Å². The first kappa shape index (κ1) is 27.3. The maximum absolute atomic E-state index is 13.8. The molecular weight excluding hydrogens is 503 g/mol. The molecular formula is C30H25F5O3. The van der Waals surface area contributed by atoms with Gasteiger partial charge in [-0.15, -0.1) is 0 Å². The predicted octanol–water partition coefficient (Wildman–Crippen LogP) is 8.19. The highest BCUT2D eigenvalue weighted by atomic mass is 19.2. The predicted molar refractivity (Wildman–Crippen MR) is 133 cm³/mol. The van der Waals surface area contributed by atoms with Crippen LogP contribution in [0.15, 0.2) is 72.8 Å². The highest BCUT2D eigenvalue weighted by molar-refractivity contribution is 5.91. The summed E-state index contributed by atoms with van der Waals surface area (Å²) >= 11 is 0. The number of rotatable bonds is 9. The quantitative estimate of drug-likeness (QED) is 0.0702. The Morgan fingerprint density at radius 3 is 1.92 bits per heavy atom. The van der Waals surface area contributed by atoms with Crippen molar-refractivity contribution in [1.82, 2.24) is 0 Å². The molecule has 0 bridgehead atoms. The molecule has 0 spiro atoms. The minimum Gasteiger partial charge on any atom is -0.416 e. The second kappa shape index (κ2) is 11.7. The monoisotopic (exact) mass is 528 g/mol. The Morgan fingerprint density at radius 1 is 0.789 bits per heavy atom. The zero-order chi connectivity index (χ0) is 27.3. The molecule has 0 fully saturated rings. The lowest BCUT2D eigenvalue weighted by molar-refractivity contribution is -0.0130. The number of carbonyl (C=O) groups excluding carboxylic acids is 1. The molecule has 0 heterocycles. The first-order chi connectivity index (χ1) is 18.3. The Kier molecular flexibility index (Phi) is 8.42. The Hall–Kier alpha value is -3.78. The molecule has 0 aliphatic heterocycles. The lowest BCUT2D eigenvalue weighted by atomic mass is 9.86. The Morgan fingerprint density at radius 2 is 1.37 bits per heavy atom. The van der Waals surface area contributed by atoms with E-state index in [1.807, 2.05) is 36.4 Å². The lowest BCUT2D eigenvalue weighted by Crippen LogP contribution is -2.28. The molecule has 1 unspecified atom stereocenters. The standard InChI is InChI=1S/C30H25F5O3/c1-2-3-7-18-37-30(16-5-4-6-17-30)22-14-12-20(13-15-22)19-8-10-21(11-9-19)29(36)38-28-26(34)24(32)23(31)25(33)27(28)35/h4-6,8-16H,2-3,7,17-18H2,1H3. The van der Waals surface area contributed by atoms with Crippen LogP contribution in [0.1, 0.15) is 48.5 Å². The summed E-state index contributed by atoms with van der Waals surface area (Å²) in [6.07, 6.45) is 12.0. The van der Waals surface area contributed by atoms with Crippen molar-refractivity contribution in [2.75, 3.05) is 6.61 Å². The van der Waals surface area contributed by atoms with Crippen LogP contribution in [0.5, 0.6) is 5.75 Å². The number of carbonyl (C=O) groups is 1. The third-order valence-electron chi connectivity index (χ3n) is 6.33. The molecule has 0 radical (unpaired) electrons. The minimum atomic E-state index is -2.33. The summed E-state index contributed by atoms with van der Waals surface area (Å²) in [7, 11) is 0. The zero-order valence-corrected chi connectivity index (χ0v) is 20.6. The number of ether oxygens (including phenoxy) is 2. The van der Waals surface area contributed by atoms with Gasteiger partial charge in [0.25, 0.3) is 0 Å². The Bertz CT molecular complexity index is 1340. The van der Waals surface area contributed by atoms with Gasteiger partial charge in [0.05, 0.1) is 5.56 Å². The van der Waals surface area contributed by atoms with Crippen LogP contribution in [0.2, 0.25) is 0 Å². The van der Waals surface area contributed by atoms with Crippen LogP contribution in [0.3, 0.4) is 0 Å². The molecule has 1 aliphatic rings. The fourth-order valence-corrected chi connectivity index (χ4v) is 4.18. The van der Waals surface area contributed by atoms with Crippen LogP contribution >= 0.6 is 0 Å². The fraction of sp³-hybridized carbons (Fsp3) is 0.233. The van der Waals surface area contributed by atoms with E-state index in [4.69, 9.17) is 4.74 Å². The van der Waals surface area contributed by atoms with Gasteiger partial charge in [-0.05, 0) is 41.3 Å². The van der Waals surface area contributed by atoms with E-state index in [9.17, 15) is 26.7 Å². The molecule has 4 rings (SSSR count). The van der Waals surface area contributed by atoms with Crippen LogP contribution in [-0.4, -0.2) is 12.6 Å². The second-order valence-corrected chi connectivity index (χ2v) is 8.88. The normalized spacial score (nSPS) is 16.6. The smallest absolute Gasteiger partial charge is 0.343 e. The summed E-state index contributed by atoms with van der Waals surface area (Å²) in [5.74, 6) is -14.1. The molecule has 8 heteroatoms. The van der Waals surface area contributed by atoms with Crippen LogP contribution < -0.4 is 4.74 Å². The number of hydrogen-bond donors (Lipinski definition) is 0. The molecule has 3 nitrogen and oxygen atoms in total. The maximum Gasteiger partial charge on any atom is 0.343 e. The third kappa shape index (κ3) is 5.55. The van der Waals surface area contributed by atoms with Crippen LogP contribution in [0.4, 0.5) is 22.0 Å². The summed E-state index contributed by atoms with van der Waals surface area (Å²) in [4.78, 5) is 12.3. The summed E-state index contributed by atoms with van der Waals surface area (Å²) in [5, 5.41) is 0. The maximum atomic E-state index is 13.8. The van der Waals surface area contributed by atoms with E-state index in [1.54, 1.807) is 12.1 Å². The summed E-state index contributed by atoms with van der Waals surface area (Å²) in [5.41, 5.74) is 1.90. The summed E-state index contributed by atoms with van der Waals surface area (Å²) in [6.45, 7) is 2.79. The van der Waals surface area contributed by atoms with Gasteiger partial charge in [0.2, 0.25) is 34.8 Å². The van der Waals surface area contributed by atoms with Gasteiger partial charge >= 0.3 is 5.97 Å². The molecule has 38 heavy (non-hydrogen) atoms. The Labute approximate surface area is 217 Å². The summed E-state index contributed by atoms with van der Waals surface area (Å²) in [6, 6.07) is 13.6. The molecule has 0 aromatic heterocycles. The number of halogens is 5. The van der Waals surface area contributed by atoms with Gasteiger partial charge in [-0.1, -0.05) is 74.4 Å². The SMILES string of the molecule is CCCCCOC1(c2ccc(-c3ccc(C(=O)Oc4c(F)c(F)c(F)c(F)c4F)cc3)cc2)C=CC=CC1. The largest absolute Gasteiger partial charge is 0.416 e. The number of allylic oxidation sites excluding steroid dienone is 2. The van der Waals surface area contributed by atoms with Gasteiger partial charge < -0.3 is 9.47 Å². The van der Waals surface area contributed by atoms with Gasteiger partial charge in [-0.2, -0.15) is 8.78 Å². The molecule has 3 aromatic rings. The summed E-state index contributed by atoms with van der Waals surface area (Å²) < 4.78 is 78.5. The molecule has 198 valence electrons. The van der Waals surface area contributed by atoms with Crippen molar-refractivity contribution in [2.24, 2.45) is 0 Å². The van der Waals surface area contributed by atoms with Gasteiger partial charge in [0.15, 0.2) is 0 Å². The van der Waals surface area contributed by atoms with Gasteiger partial charge in [-0.25, -0.2) is 18.0 Å².